The molecule has 1 atom stereocenters. The number of hydrogen-bond donors (Lipinski definition) is 2. The molecule has 0 unspecified atom stereocenters. The number of rotatable bonds is 11. The lowest BCUT2D eigenvalue weighted by molar-refractivity contribution is -0.128. The van der Waals surface area contributed by atoms with Crippen LogP contribution in [0.4, 0.5) is 11.4 Å². The fourth-order valence-corrected chi connectivity index (χ4v) is 6.86. The maximum absolute atomic E-state index is 12.9. The van der Waals surface area contributed by atoms with Crippen LogP contribution in [0.15, 0.2) is 108 Å². The van der Waals surface area contributed by atoms with E-state index in [1.165, 1.54) is 17.7 Å². The molecule has 1 aliphatic rings. The fraction of sp³-hybridized carbons (Fsp3) is 0.188. The second-order valence-electron chi connectivity index (χ2n) is 9.65. The summed E-state index contributed by atoms with van der Waals surface area (Å²) in [5.41, 5.74) is 3.48. The summed E-state index contributed by atoms with van der Waals surface area (Å²) in [5, 5.41) is 2.72. The number of amides is 2. The molecule has 0 aromatic heterocycles. The molecule has 0 radical (unpaired) electrons. The van der Waals surface area contributed by atoms with Crippen LogP contribution in [0.1, 0.15) is 33.8 Å². The summed E-state index contributed by atoms with van der Waals surface area (Å²) < 4.78 is 33.5. The average molecular weight is 602 g/mol. The largest absolute Gasteiger partial charge is 0.494 e. The van der Waals surface area contributed by atoms with Crippen LogP contribution in [-0.2, 0) is 21.2 Å². The monoisotopic (exact) mass is 601 g/mol. The van der Waals surface area contributed by atoms with Gasteiger partial charge >= 0.3 is 0 Å². The number of benzene rings is 4. The minimum absolute atomic E-state index is 0.0687. The van der Waals surface area contributed by atoms with E-state index in [0.29, 0.717) is 41.6 Å². The molecule has 1 heterocycles. The SMILES string of the molecule is CCOc1ccc(NS(=O)(=O)c2ccc(NC(=O)c3ccc([C@@H]4SCC(=O)N4CCc4ccccc4)cc3)cc2)cc1. The predicted molar refractivity (Wildman–Crippen MR) is 166 cm³/mol. The molecule has 216 valence electrons. The Bertz CT molecular complexity index is 1630. The Balaban J connectivity index is 1.19. The second-order valence-corrected chi connectivity index (χ2v) is 12.4. The van der Waals surface area contributed by atoms with Gasteiger partial charge in [0.05, 0.1) is 17.3 Å². The van der Waals surface area contributed by atoms with Crippen LogP contribution in [0.2, 0.25) is 0 Å². The molecular weight excluding hydrogens is 571 g/mol. The van der Waals surface area contributed by atoms with Crippen LogP contribution < -0.4 is 14.8 Å². The minimum atomic E-state index is -3.81. The van der Waals surface area contributed by atoms with E-state index in [-0.39, 0.29) is 22.1 Å². The van der Waals surface area contributed by atoms with Crippen LogP contribution in [0.3, 0.4) is 0 Å². The third-order valence-corrected chi connectivity index (χ3v) is 9.40. The molecule has 8 nitrogen and oxygen atoms in total. The third kappa shape index (κ3) is 7.13. The molecule has 4 aromatic carbocycles. The lowest BCUT2D eigenvalue weighted by Gasteiger charge is -2.24. The molecule has 42 heavy (non-hydrogen) atoms. The zero-order chi connectivity index (χ0) is 29.5. The molecule has 10 heteroatoms. The number of ether oxygens (including phenoxy) is 1. The Kier molecular flexibility index (Phi) is 9.14. The normalized spacial score (nSPS) is 14.9. The first-order valence-electron chi connectivity index (χ1n) is 13.5. The van der Waals surface area contributed by atoms with E-state index in [4.69, 9.17) is 4.74 Å². The van der Waals surface area contributed by atoms with E-state index >= 15 is 0 Å². The highest BCUT2D eigenvalue weighted by Gasteiger charge is 2.32. The van der Waals surface area contributed by atoms with Crippen molar-refractivity contribution in [3.8, 4) is 5.75 Å². The molecule has 4 aromatic rings. The summed E-state index contributed by atoms with van der Waals surface area (Å²) in [4.78, 5) is 27.4. The highest BCUT2D eigenvalue weighted by atomic mass is 32.2. The van der Waals surface area contributed by atoms with Gasteiger partial charge in [-0.15, -0.1) is 11.8 Å². The maximum Gasteiger partial charge on any atom is 0.261 e. The van der Waals surface area contributed by atoms with E-state index in [0.717, 1.165) is 12.0 Å². The Hall–Kier alpha value is -4.28. The second kappa shape index (κ2) is 13.1. The van der Waals surface area contributed by atoms with Crippen molar-refractivity contribution < 1.29 is 22.7 Å². The molecule has 5 rings (SSSR count). The van der Waals surface area contributed by atoms with Crippen molar-refractivity contribution in [3.05, 3.63) is 120 Å². The van der Waals surface area contributed by atoms with Crippen molar-refractivity contribution in [2.24, 2.45) is 0 Å². The highest BCUT2D eigenvalue weighted by molar-refractivity contribution is 8.00. The van der Waals surface area contributed by atoms with Gasteiger partial charge in [0.1, 0.15) is 11.1 Å². The fourth-order valence-electron chi connectivity index (χ4n) is 4.59. The van der Waals surface area contributed by atoms with Gasteiger partial charge in [0.15, 0.2) is 0 Å². The topological polar surface area (TPSA) is 105 Å². The molecule has 0 aliphatic carbocycles. The summed E-state index contributed by atoms with van der Waals surface area (Å²) in [6.07, 6.45) is 0.780. The summed E-state index contributed by atoms with van der Waals surface area (Å²) in [6.45, 7) is 3.03. The van der Waals surface area contributed by atoms with E-state index in [1.807, 2.05) is 42.2 Å². The van der Waals surface area contributed by atoms with Gasteiger partial charge in [-0.3, -0.25) is 14.3 Å². The van der Waals surface area contributed by atoms with Gasteiger partial charge in [-0.2, -0.15) is 0 Å². The number of sulfonamides is 1. The van der Waals surface area contributed by atoms with Crippen LogP contribution >= 0.6 is 11.8 Å². The molecule has 0 bridgehead atoms. The highest BCUT2D eigenvalue weighted by Crippen LogP contribution is 2.38. The number of anilines is 2. The molecule has 2 N–H and O–H groups in total. The zero-order valence-corrected chi connectivity index (χ0v) is 24.7. The van der Waals surface area contributed by atoms with E-state index in [9.17, 15) is 18.0 Å². The van der Waals surface area contributed by atoms with Crippen LogP contribution in [0.25, 0.3) is 0 Å². The maximum atomic E-state index is 12.9. The predicted octanol–water partition coefficient (Wildman–Crippen LogP) is 5.96. The van der Waals surface area contributed by atoms with Gasteiger partial charge in [0.2, 0.25) is 5.91 Å². The number of carbonyl (C=O) groups is 2. The zero-order valence-electron chi connectivity index (χ0n) is 23.0. The molecule has 1 saturated heterocycles. The summed E-state index contributed by atoms with van der Waals surface area (Å²) in [6, 6.07) is 29.9. The van der Waals surface area contributed by atoms with Crippen LogP contribution in [0.5, 0.6) is 5.75 Å². The number of hydrogen-bond acceptors (Lipinski definition) is 6. The van der Waals surface area contributed by atoms with Gasteiger partial charge in [-0.1, -0.05) is 42.5 Å². The van der Waals surface area contributed by atoms with E-state index in [1.54, 1.807) is 60.3 Å². The van der Waals surface area contributed by atoms with Crippen molar-refractivity contribution in [2.75, 3.05) is 28.9 Å². The summed E-state index contributed by atoms with van der Waals surface area (Å²) in [7, 11) is -3.81. The molecule has 1 fully saturated rings. The van der Waals surface area contributed by atoms with Crippen LogP contribution in [-0.4, -0.2) is 44.0 Å². The van der Waals surface area contributed by atoms with Crippen LogP contribution in [0, 0.1) is 0 Å². The molecule has 0 spiro atoms. The number of nitrogens with one attached hydrogen (secondary N) is 2. The average Bonchev–Trinajstić information content (AvgIpc) is 3.38. The van der Waals surface area contributed by atoms with Crippen molar-refractivity contribution in [3.63, 3.8) is 0 Å². The van der Waals surface area contributed by atoms with Crippen molar-refractivity contribution in [1.82, 2.24) is 4.90 Å². The molecule has 0 saturated carbocycles. The summed E-state index contributed by atoms with van der Waals surface area (Å²) in [5.74, 6) is 0.885. The van der Waals surface area contributed by atoms with Gasteiger partial charge < -0.3 is 15.0 Å². The quantitative estimate of drug-likeness (QED) is 0.220. The minimum Gasteiger partial charge on any atom is -0.494 e. The Morgan fingerprint density at radius 1 is 0.905 bits per heavy atom. The van der Waals surface area contributed by atoms with Gasteiger partial charge in [-0.25, -0.2) is 8.42 Å². The Morgan fingerprint density at radius 3 is 2.24 bits per heavy atom. The Labute approximate surface area is 250 Å². The smallest absolute Gasteiger partial charge is 0.261 e. The van der Waals surface area contributed by atoms with Crippen molar-refractivity contribution in [1.29, 1.82) is 0 Å². The van der Waals surface area contributed by atoms with Gasteiger partial charge in [-0.05, 0) is 85.1 Å². The number of carbonyl (C=O) groups excluding carboxylic acids is 2. The lowest BCUT2D eigenvalue weighted by atomic mass is 10.1. The van der Waals surface area contributed by atoms with E-state index < -0.39 is 10.0 Å². The molecule has 2 amide bonds. The van der Waals surface area contributed by atoms with Gasteiger partial charge in [0, 0.05) is 23.5 Å². The molecular formula is C32H31N3O5S2. The number of nitrogens with zero attached hydrogens (tertiary/aromatic N) is 1. The third-order valence-electron chi connectivity index (χ3n) is 6.75. The van der Waals surface area contributed by atoms with Crippen molar-refractivity contribution in [2.45, 2.75) is 23.6 Å². The standard InChI is InChI=1S/C32H31N3O5S2/c1-2-40-28-16-12-27(13-17-28)34-42(38,39)29-18-14-26(15-19-29)33-31(37)24-8-10-25(11-9-24)32-35(30(36)22-41-32)21-20-23-6-4-3-5-7-23/h3-19,32,34H,2,20-22H2,1H3,(H,33,37)/t32-/m0/s1. The molecule has 1 aliphatic heterocycles. The lowest BCUT2D eigenvalue weighted by Crippen LogP contribution is -2.30. The van der Waals surface area contributed by atoms with E-state index in [2.05, 4.69) is 22.2 Å². The first kappa shape index (κ1) is 29.2. The van der Waals surface area contributed by atoms with Crippen molar-refractivity contribution >= 4 is 45.0 Å². The Morgan fingerprint density at radius 2 is 1.57 bits per heavy atom. The first-order chi connectivity index (χ1) is 20.3. The first-order valence-corrected chi connectivity index (χ1v) is 16.1. The number of thioether (sulfide) groups is 1. The summed E-state index contributed by atoms with van der Waals surface area (Å²) >= 11 is 1.59. The van der Waals surface area contributed by atoms with Gasteiger partial charge in [0.25, 0.3) is 15.9 Å².